The summed E-state index contributed by atoms with van der Waals surface area (Å²) in [6, 6.07) is -0.642. The average Bonchev–Trinajstić information content (AvgIpc) is 2.82. The minimum Gasteiger partial charge on any atom is -0.481 e. The van der Waals surface area contributed by atoms with E-state index < -0.39 is 28.1 Å². The van der Waals surface area contributed by atoms with Gasteiger partial charge in [0.25, 0.3) is 10.2 Å². The van der Waals surface area contributed by atoms with Crippen LogP contribution in [0.2, 0.25) is 0 Å². The van der Waals surface area contributed by atoms with E-state index >= 15 is 0 Å². The molecule has 1 heterocycles. The van der Waals surface area contributed by atoms with Crippen LogP contribution in [0.1, 0.15) is 27.2 Å². The van der Waals surface area contributed by atoms with Gasteiger partial charge in [0.2, 0.25) is 0 Å². The smallest absolute Gasteiger partial charge is 0.310 e. The van der Waals surface area contributed by atoms with E-state index in [1.54, 1.807) is 0 Å². The van der Waals surface area contributed by atoms with Crippen LogP contribution < -0.4 is 4.72 Å². The molecule has 0 amide bonds. The van der Waals surface area contributed by atoms with Crippen LogP contribution in [0.5, 0.6) is 0 Å². The number of carboxylic acid groups (broad SMARTS) is 1. The van der Waals surface area contributed by atoms with Crippen LogP contribution in [0.4, 0.5) is 0 Å². The van der Waals surface area contributed by atoms with Crippen molar-refractivity contribution in [3.8, 4) is 0 Å². The number of carboxylic acids is 1. The summed E-state index contributed by atoms with van der Waals surface area (Å²) in [6.45, 7) is 6.46. The van der Waals surface area contributed by atoms with Gasteiger partial charge in [-0.15, -0.1) is 0 Å². The van der Waals surface area contributed by atoms with Gasteiger partial charge in [0, 0.05) is 13.1 Å². The summed E-state index contributed by atoms with van der Waals surface area (Å²) in [6.07, 6.45) is 0.616. The molecule has 1 aliphatic heterocycles. The van der Waals surface area contributed by atoms with Crippen molar-refractivity contribution in [1.29, 1.82) is 0 Å². The van der Waals surface area contributed by atoms with E-state index in [2.05, 4.69) is 4.72 Å². The van der Waals surface area contributed by atoms with Gasteiger partial charge in [-0.3, -0.25) is 4.79 Å². The summed E-state index contributed by atoms with van der Waals surface area (Å²) in [4.78, 5) is 11.2. The van der Waals surface area contributed by atoms with E-state index in [9.17, 15) is 13.2 Å². The van der Waals surface area contributed by atoms with Gasteiger partial charge in [-0.25, -0.2) is 4.72 Å². The number of nitrogens with zero attached hydrogens (tertiary/aromatic N) is 1. The predicted octanol–water partition coefficient (Wildman–Crippen LogP) is 0.288. The lowest BCUT2D eigenvalue weighted by Crippen LogP contribution is -2.51. The first kappa shape index (κ1) is 17.4. The summed E-state index contributed by atoms with van der Waals surface area (Å²) in [5.74, 6) is -1.65. The summed E-state index contributed by atoms with van der Waals surface area (Å²) < 4.78 is 33.6. The van der Waals surface area contributed by atoms with Crippen LogP contribution in [0.3, 0.4) is 0 Å². The van der Waals surface area contributed by atoms with Crippen molar-refractivity contribution in [2.45, 2.75) is 33.2 Å². The predicted molar refractivity (Wildman–Crippen MR) is 74.5 cm³/mol. The molecule has 0 radical (unpaired) electrons. The highest BCUT2D eigenvalue weighted by Crippen LogP contribution is 2.22. The second-order valence-electron chi connectivity index (χ2n) is 5.41. The summed E-state index contributed by atoms with van der Waals surface area (Å²) in [7, 11) is -3.69. The summed E-state index contributed by atoms with van der Waals surface area (Å²) in [5, 5.41) is 9.16. The van der Waals surface area contributed by atoms with Crippen LogP contribution >= 0.6 is 0 Å². The maximum Gasteiger partial charge on any atom is 0.310 e. The first-order valence-corrected chi connectivity index (χ1v) is 8.30. The number of nitrogens with one attached hydrogen (secondary N) is 1. The fraction of sp³-hybridized carbons (Fsp3) is 0.917. The van der Waals surface area contributed by atoms with Gasteiger partial charge in [-0.05, 0) is 12.3 Å². The molecule has 2 unspecified atom stereocenters. The molecule has 1 rings (SSSR count). The molecule has 0 aromatic rings. The van der Waals surface area contributed by atoms with Crippen molar-refractivity contribution >= 4 is 16.2 Å². The molecule has 0 aromatic heterocycles. The number of hydrogen-bond donors (Lipinski definition) is 2. The van der Waals surface area contributed by atoms with Crippen molar-refractivity contribution in [1.82, 2.24) is 9.03 Å². The number of hydrogen-bond acceptors (Lipinski definition) is 4. The zero-order chi connectivity index (χ0) is 15.3. The number of carbonyl (C=O) groups is 1. The van der Waals surface area contributed by atoms with Crippen molar-refractivity contribution in [3.63, 3.8) is 0 Å². The quantitative estimate of drug-likeness (QED) is 0.672. The summed E-state index contributed by atoms with van der Waals surface area (Å²) >= 11 is 0. The Hall–Kier alpha value is -0.700. The fourth-order valence-electron chi connectivity index (χ4n) is 2.10. The second-order valence-corrected chi connectivity index (χ2v) is 7.12. The zero-order valence-electron chi connectivity index (χ0n) is 12.2. The zero-order valence-corrected chi connectivity index (χ0v) is 13.0. The molecular formula is C12H24N2O5S. The lowest BCUT2D eigenvalue weighted by Gasteiger charge is -2.29. The lowest BCUT2D eigenvalue weighted by molar-refractivity contribution is -0.142. The van der Waals surface area contributed by atoms with Crippen LogP contribution in [0.15, 0.2) is 0 Å². The third-order valence-electron chi connectivity index (χ3n) is 3.16. The Balaban J connectivity index is 2.89. The lowest BCUT2D eigenvalue weighted by atomic mass is 10.0. The first-order chi connectivity index (χ1) is 9.29. The minimum absolute atomic E-state index is 0.0555. The molecule has 1 aliphatic rings. The van der Waals surface area contributed by atoms with Gasteiger partial charge in [0.15, 0.2) is 0 Å². The Labute approximate surface area is 120 Å². The molecular weight excluding hydrogens is 284 g/mol. The maximum absolute atomic E-state index is 12.3. The van der Waals surface area contributed by atoms with Crippen molar-refractivity contribution in [2.75, 3.05) is 26.3 Å². The molecule has 20 heavy (non-hydrogen) atoms. The normalized spacial score (nSPS) is 23.6. The van der Waals surface area contributed by atoms with Gasteiger partial charge >= 0.3 is 5.97 Å². The van der Waals surface area contributed by atoms with Gasteiger partial charge in [0.1, 0.15) is 0 Å². The van der Waals surface area contributed by atoms with Crippen molar-refractivity contribution < 1.29 is 23.1 Å². The summed E-state index contributed by atoms with van der Waals surface area (Å²) in [5.41, 5.74) is 0. The molecule has 0 spiro atoms. The highest BCUT2D eigenvalue weighted by Gasteiger charge is 2.42. The Bertz CT molecular complexity index is 424. The van der Waals surface area contributed by atoms with E-state index in [0.29, 0.717) is 13.0 Å². The van der Waals surface area contributed by atoms with Crippen LogP contribution in [0, 0.1) is 11.8 Å². The highest BCUT2D eigenvalue weighted by atomic mass is 32.2. The third-order valence-corrected chi connectivity index (χ3v) is 4.77. The third kappa shape index (κ3) is 4.41. The first-order valence-electron chi connectivity index (χ1n) is 6.86. The topological polar surface area (TPSA) is 95.9 Å². The SMILES string of the molecule is CCCN(C1COCC1C(=O)O)S(=O)(=O)NCC(C)C. The Kier molecular flexibility index (Phi) is 6.38. The van der Waals surface area contributed by atoms with E-state index in [-0.39, 0.29) is 25.7 Å². The monoisotopic (exact) mass is 308 g/mol. The van der Waals surface area contributed by atoms with Crippen LogP contribution in [0.25, 0.3) is 0 Å². The van der Waals surface area contributed by atoms with E-state index in [1.165, 1.54) is 4.31 Å². The molecule has 1 saturated heterocycles. The molecule has 8 heteroatoms. The standard InChI is InChI=1S/C12H24N2O5S/c1-4-5-14(20(17,18)13-6-9(2)3)11-8-19-7-10(11)12(15)16/h9-11,13H,4-8H2,1-3H3,(H,15,16). The van der Waals surface area contributed by atoms with Gasteiger partial charge in [0.05, 0.1) is 25.2 Å². The average molecular weight is 308 g/mol. The molecule has 0 bridgehead atoms. The molecule has 0 aliphatic carbocycles. The van der Waals surface area contributed by atoms with Crippen LogP contribution in [-0.2, 0) is 19.7 Å². The van der Waals surface area contributed by atoms with E-state index in [1.807, 2.05) is 20.8 Å². The van der Waals surface area contributed by atoms with Crippen molar-refractivity contribution in [3.05, 3.63) is 0 Å². The molecule has 2 N–H and O–H groups in total. The molecule has 0 aromatic carbocycles. The molecule has 0 saturated carbocycles. The molecule has 118 valence electrons. The Morgan fingerprint density at radius 3 is 2.60 bits per heavy atom. The highest BCUT2D eigenvalue weighted by molar-refractivity contribution is 7.87. The number of rotatable bonds is 8. The molecule has 2 atom stereocenters. The largest absolute Gasteiger partial charge is 0.481 e. The van der Waals surface area contributed by atoms with Gasteiger partial charge in [-0.2, -0.15) is 12.7 Å². The Morgan fingerprint density at radius 1 is 1.45 bits per heavy atom. The molecule has 1 fully saturated rings. The second kappa shape index (κ2) is 7.35. The maximum atomic E-state index is 12.3. The van der Waals surface area contributed by atoms with Gasteiger partial charge in [-0.1, -0.05) is 20.8 Å². The minimum atomic E-state index is -3.69. The van der Waals surface area contributed by atoms with Crippen molar-refractivity contribution in [2.24, 2.45) is 11.8 Å². The molecule has 7 nitrogen and oxygen atoms in total. The fourth-order valence-corrected chi connectivity index (χ4v) is 3.80. The van der Waals surface area contributed by atoms with E-state index in [4.69, 9.17) is 9.84 Å². The van der Waals surface area contributed by atoms with Gasteiger partial charge < -0.3 is 9.84 Å². The Morgan fingerprint density at radius 2 is 2.10 bits per heavy atom. The number of aliphatic carboxylic acids is 1. The number of ether oxygens (including phenoxy) is 1. The van der Waals surface area contributed by atoms with Crippen LogP contribution in [-0.4, -0.2) is 56.1 Å². The van der Waals surface area contributed by atoms with E-state index in [0.717, 1.165) is 0 Å².